The zero-order valence-corrected chi connectivity index (χ0v) is 17.7. The highest BCUT2D eigenvalue weighted by Crippen LogP contribution is 2.31. The summed E-state index contributed by atoms with van der Waals surface area (Å²) in [6.45, 7) is 0.524. The average Bonchev–Trinajstić information content (AvgIpc) is 3.45. The van der Waals surface area contributed by atoms with Gasteiger partial charge in [0.05, 0.1) is 7.11 Å². The molecule has 1 aromatic heterocycles. The van der Waals surface area contributed by atoms with Crippen LogP contribution in [0.25, 0.3) is 10.9 Å². The van der Waals surface area contributed by atoms with Gasteiger partial charge in [-0.2, -0.15) is 0 Å². The molecule has 1 saturated carbocycles. The lowest BCUT2D eigenvalue weighted by Gasteiger charge is -2.09. The second kappa shape index (κ2) is 12.7. The van der Waals surface area contributed by atoms with Gasteiger partial charge in [0.15, 0.2) is 18.1 Å². The summed E-state index contributed by atoms with van der Waals surface area (Å²) in [5.41, 5.74) is 10.9. The number of fused-ring (bicyclic) bond motifs is 1. The first-order valence-electron chi connectivity index (χ1n) is 10.5. The third-order valence-electron chi connectivity index (χ3n) is 4.95. The van der Waals surface area contributed by atoms with Crippen molar-refractivity contribution < 1.29 is 23.8 Å². The van der Waals surface area contributed by atoms with E-state index in [1.807, 2.05) is 18.3 Å². The smallest absolute Gasteiger partial charge is 0.255 e. The second-order valence-corrected chi connectivity index (χ2v) is 7.35. The van der Waals surface area contributed by atoms with E-state index in [4.69, 9.17) is 25.7 Å². The van der Waals surface area contributed by atoms with Crippen molar-refractivity contribution in [2.45, 2.75) is 57.5 Å². The Hall–Kier alpha value is -2.74. The maximum absolute atomic E-state index is 10.6. The van der Waals surface area contributed by atoms with Gasteiger partial charge in [0.1, 0.15) is 6.10 Å². The first-order chi connectivity index (χ1) is 14.5. The molecule has 30 heavy (non-hydrogen) atoms. The lowest BCUT2D eigenvalue weighted by molar-refractivity contribution is -0.126. The SMILES string of the molecule is C1CCCCC1.COc1cc2cc[nH]c2cc1OCC(N)=O.NC(=O)[C@@H]1CCCO1. The van der Waals surface area contributed by atoms with Crippen molar-refractivity contribution in [3.63, 3.8) is 0 Å². The molecule has 5 N–H and O–H groups in total. The fourth-order valence-electron chi connectivity index (χ4n) is 3.34. The lowest BCUT2D eigenvalue weighted by Crippen LogP contribution is -2.27. The van der Waals surface area contributed by atoms with Crippen molar-refractivity contribution in [3.8, 4) is 11.5 Å². The number of aromatic amines is 1. The van der Waals surface area contributed by atoms with Crippen molar-refractivity contribution in [1.29, 1.82) is 0 Å². The van der Waals surface area contributed by atoms with Crippen molar-refractivity contribution in [2.75, 3.05) is 20.3 Å². The van der Waals surface area contributed by atoms with Crippen LogP contribution in [0.3, 0.4) is 0 Å². The monoisotopic (exact) mass is 419 g/mol. The van der Waals surface area contributed by atoms with E-state index in [1.54, 1.807) is 13.2 Å². The Morgan fingerprint density at radius 1 is 1.07 bits per heavy atom. The van der Waals surface area contributed by atoms with Crippen LogP contribution in [-0.2, 0) is 14.3 Å². The largest absolute Gasteiger partial charge is 0.493 e. The summed E-state index contributed by atoms with van der Waals surface area (Å²) < 4.78 is 15.4. The molecule has 2 amide bonds. The molecule has 1 aliphatic carbocycles. The van der Waals surface area contributed by atoms with Crippen LogP contribution in [-0.4, -0.2) is 43.2 Å². The molecule has 1 atom stereocenters. The molecular formula is C22H33N3O5. The Kier molecular flexibility index (Phi) is 10.00. The van der Waals surface area contributed by atoms with Gasteiger partial charge >= 0.3 is 0 Å². The number of hydrogen-bond acceptors (Lipinski definition) is 5. The number of carbonyl (C=O) groups excluding carboxylic acids is 2. The van der Waals surface area contributed by atoms with Gasteiger partial charge in [-0.3, -0.25) is 9.59 Å². The number of carbonyl (C=O) groups is 2. The summed E-state index contributed by atoms with van der Waals surface area (Å²) in [4.78, 5) is 24.0. The van der Waals surface area contributed by atoms with Crippen molar-refractivity contribution in [3.05, 3.63) is 24.4 Å². The number of aromatic nitrogens is 1. The molecule has 8 nitrogen and oxygen atoms in total. The van der Waals surface area contributed by atoms with Crippen molar-refractivity contribution in [1.82, 2.24) is 4.98 Å². The van der Waals surface area contributed by atoms with E-state index in [0.29, 0.717) is 18.1 Å². The van der Waals surface area contributed by atoms with Crippen LogP contribution in [0.15, 0.2) is 24.4 Å². The average molecular weight is 420 g/mol. The van der Waals surface area contributed by atoms with E-state index in [9.17, 15) is 9.59 Å². The van der Waals surface area contributed by atoms with Gasteiger partial charge in [0.2, 0.25) is 5.91 Å². The Bertz CT molecular complexity index is 784. The molecular weight excluding hydrogens is 386 g/mol. The van der Waals surface area contributed by atoms with E-state index in [1.165, 1.54) is 38.5 Å². The third-order valence-corrected chi connectivity index (χ3v) is 4.95. The van der Waals surface area contributed by atoms with Gasteiger partial charge < -0.3 is 30.7 Å². The Morgan fingerprint density at radius 3 is 2.20 bits per heavy atom. The predicted molar refractivity (Wildman–Crippen MR) is 115 cm³/mol. The highest BCUT2D eigenvalue weighted by Gasteiger charge is 2.20. The molecule has 8 heteroatoms. The van der Waals surface area contributed by atoms with E-state index < -0.39 is 5.91 Å². The molecule has 0 radical (unpaired) electrons. The van der Waals surface area contributed by atoms with Crippen LogP contribution in [0.2, 0.25) is 0 Å². The van der Waals surface area contributed by atoms with Crippen molar-refractivity contribution >= 4 is 22.7 Å². The minimum Gasteiger partial charge on any atom is -0.493 e. The second-order valence-electron chi connectivity index (χ2n) is 7.35. The number of primary amides is 2. The number of ether oxygens (including phenoxy) is 3. The van der Waals surface area contributed by atoms with Crippen LogP contribution in [0.4, 0.5) is 0 Å². The Balaban J connectivity index is 0.000000189. The molecule has 0 bridgehead atoms. The van der Waals surface area contributed by atoms with Crippen molar-refractivity contribution in [2.24, 2.45) is 11.5 Å². The summed E-state index contributed by atoms with van der Waals surface area (Å²) in [5, 5.41) is 1.02. The lowest BCUT2D eigenvalue weighted by atomic mass is 10.0. The Morgan fingerprint density at radius 2 is 1.73 bits per heavy atom. The molecule has 0 unspecified atom stereocenters. The van der Waals surface area contributed by atoms with Gasteiger partial charge in [-0.15, -0.1) is 0 Å². The van der Waals surface area contributed by atoms with E-state index in [-0.39, 0.29) is 18.6 Å². The van der Waals surface area contributed by atoms with Gasteiger partial charge in [-0.25, -0.2) is 0 Å². The minimum atomic E-state index is -0.520. The van der Waals surface area contributed by atoms with Gasteiger partial charge in [0.25, 0.3) is 5.91 Å². The number of H-pyrrole nitrogens is 1. The first kappa shape index (κ1) is 23.5. The third kappa shape index (κ3) is 7.94. The van der Waals surface area contributed by atoms with Crippen LogP contribution >= 0.6 is 0 Å². The molecule has 1 aromatic carbocycles. The standard InChI is InChI=1S/C11H12N2O3.C6H12.C5H9NO2/c1-15-9-4-7-2-3-13-8(7)5-10(9)16-6-11(12)14;1-2-4-6-5-3-1;6-5(7)4-2-1-3-8-4/h2-5,13H,6H2,1H3,(H2,12,14);1-6H2;4H,1-3H2,(H2,6,7)/t;;4-/m..0/s1. The number of nitrogens with two attached hydrogens (primary N) is 2. The van der Waals surface area contributed by atoms with E-state index >= 15 is 0 Å². The van der Waals surface area contributed by atoms with Gasteiger partial charge in [-0.1, -0.05) is 38.5 Å². The predicted octanol–water partition coefficient (Wildman–Crippen LogP) is 3.03. The number of benzene rings is 1. The van der Waals surface area contributed by atoms with Crippen LogP contribution in [0, 0.1) is 0 Å². The van der Waals surface area contributed by atoms with Gasteiger partial charge in [0, 0.05) is 29.8 Å². The number of methoxy groups -OCH3 is 1. The summed E-state index contributed by atoms with van der Waals surface area (Å²) in [5.74, 6) is 0.223. The number of amides is 2. The maximum Gasteiger partial charge on any atom is 0.255 e. The summed E-state index contributed by atoms with van der Waals surface area (Å²) in [6.07, 6.45) is 12.3. The first-order valence-corrected chi connectivity index (χ1v) is 10.5. The number of rotatable bonds is 5. The van der Waals surface area contributed by atoms with E-state index in [2.05, 4.69) is 4.98 Å². The molecule has 1 saturated heterocycles. The van der Waals surface area contributed by atoms with Gasteiger partial charge in [-0.05, 0) is 25.0 Å². The topological polar surface area (TPSA) is 130 Å². The fraction of sp³-hybridized carbons (Fsp3) is 0.545. The molecule has 4 rings (SSSR count). The summed E-state index contributed by atoms with van der Waals surface area (Å²) in [6, 6.07) is 5.54. The quantitative estimate of drug-likeness (QED) is 0.686. The molecule has 0 spiro atoms. The zero-order valence-electron chi connectivity index (χ0n) is 17.7. The molecule has 2 aliphatic rings. The number of hydrogen-bond donors (Lipinski definition) is 3. The maximum atomic E-state index is 10.6. The molecule has 166 valence electrons. The molecule has 2 aromatic rings. The normalized spacial score (nSPS) is 17.8. The Labute approximate surface area is 177 Å². The highest BCUT2D eigenvalue weighted by atomic mass is 16.5. The molecule has 2 fully saturated rings. The molecule has 1 aliphatic heterocycles. The van der Waals surface area contributed by atoms with Crippen LogP contribution in [0.5, 0.6) is 11.5 Å². The summed E-state index contributed by atoms with van der Waals surface area (Å²) in [7, 11) is 1.55. The highest BCUT2D eigenvalue weighted by molar-refractivity contribution is 5.83. The zero-order chi connectivity index (χ0) is 21.8. The van der Waals surface area contributed by atoms with Crippen LogP contribution < -0.4 is 20.9 Å². The minimum absolute atomic E-state index is 0.164. The molecule has 2 heterocycles. The summed E-state index contributed by atoms with van der Waals surface area (Å²) >= 11 is 0. The fourth-order valence-corrected chi connectivity index (χ4v) is 3.34. The van der Waals surface area contributed by atoms with Crippen LogP contribution in [0.1, 0.15) is 51.4 Å². The van der Waals surface area contributed by atoms with E-state index in [0.717, 1.165) is 23.7 Å². The number of nitrogens with one attached hydrogen (secondary N) is 1.